The quantitative estimate of drug-likeness (QED) is 0.278. The maximum atomic E-state index is 14.3. The smallest absolute Gasteiger partial charge is 0.419 e. The third-order valence-corrected chi connectivity index (χ3v) is 10.00. The molecule has 48 heavy (non-hydrogen) atoms. The maximum absolute atomic E-state index is 14.3. The standard InChI is InChI=1S/C33H39F3N6O5S/c1-32(2)9-3-10-41(19-32)17-26-28(21-4-5-25(23(14-21)33(34,35)36)47-22-8-13-46-18-22)39-31(48-26)40-29(43)24-15-38-27(16-37-24)42-11-6-20(7-12-42)30(44)45/h4-5,14-16,20,22H,3,6-13,17-19H2,1-2H3,(H,44,45)(H,39,40,43)/t22-/m0/s1. The molecule has 1 atom stereocenters. The first kappa shape index (κ1) is 34.1. The molecule has 0 aliphatic carbocycles. The summed E-state index contributed by atoms with van der Waals surface area (Å²) in [6, 6.07) is 3.98. The van der Waals surface area contributed by atoms with E-state index in [1.165, 1.54) is 29.8 Å². The van der Waals surface area contributed by atoms with Gasteiger partial charge in [-0.05, 0) is 55.8 Å². The van der Waals surface area contributed by atoms with Gasteiger partial charge in [-0.25, -0.2) is 15.0 Å². The number of benzene rings is 1. The fourth-order valence-corrected chi connectivity index (χ4v) is 7.55. The van der Waals surface area contributed by atoms with Crippen molar-refractivity contribution in [2.75, 3.05) is 49.6 Å². The minimum absolute atomic E-state index is 0.0482. The lowest BCUT2D eigenvalue weighted by molar-refractivity contribution is -0.142. The van der Waals surface area contributed by atoms with Crippen molar-refractivity contribution in [3.05, 3.63) is 46.7 Å². The zero-order valence-corrected chi connectivity index (χ0v) is 27.7. The van der Waals surface area contributed by atoms with E-state index >= 15 is 0 Å². The Balaban J connectivity index is 1.24. The molecule has 0 spiro atoms. The number of rotatable bonds is 9. The van der Waals surface area contributed by atoms with Crippen molar-refractivity contribution in [3.63, 3.8) is 0 Å². The molecule has 0 unspecified atom stereocenters. The van der Waals surface area contributed by atoms with Crippen LogP contribution in [0.2, 0.25) is 0 Å². The van der Waals surface area contributed by atoms with E-state index in [0.717, 1.165) is 36.9 Å². The van der Waals surface area contributed by atoms with Gasteiger partial charge in [0.2, 0.25) is 0 Å². The van der Waals surface area contributed by atoms with E-state index in [9.17, 15) is 27.9 Å². The number of aromatic nitrogens is 3. The number of likely N-dealkylation sites (tertiary alicyclic amines) is 1. The molecule has 0 bridgehead atoms. The van der Waals surface area contributed by atoms with Crippen LogP contribution in [0.1, 0.15) is 66.9 Å². The number of hydrogen-bond donors (Lipinski definition) is 2. The number of aliphatic carboxylic acids is 1. The number of ether oxygens (including phenoxy) is 2. The number of carboxylic acid groups (broad SMARTS) is 1. The third-order valence-electron chi connectivity index (χ3n) is 9.04. The van der Waals surface area contributed by atoms with Crippen LogP contribution in [0, 0.1) is 11.3 Å². The number of carboxylic acids is 1. The van der Waals surface area contributed by atoms with E-state index in [4.69, 9.17) is 9.47 Å². The van der Waals surface area contributed by atoms with Crippen LogP contribution in [0.15, 0.2) is 30.6 Å². The van der Waals surface area contributed by atoms with Gasteiger partial charge in [0.15, 0.2) is 5.13 Å². The van der Waals surface area contributed by atoms with Crippen LogP contribution in [0.4, 0.5) is 24.1 Å². The number of halogens is 3. The van der Waals surface area contributed by atoms with E-state index in [2.05, 4.69) is 39.0 Å². The largest absolute Gasteiger partial charge is 0.487 e. The number of alkyl halides is 3. The molecule has 3 aliphatic rings. The highest BCUT2D eigenvalue weighted by atomic mass is 32.1. The summed E-state index contributed by atoms with van der Waals surface area (Å²) >= 11 is 1.23. The molecule has 0 radical (unpaired) electrons. The van der Waals surface area contributed by atoms with E-state index in [1.54, 1.807) is 6.07 Å². The summed E-state index contributed by atoms with van der Waals surface area (Å²) < 4.78 is 53.9. The van der Waals surface area contributed by atoms with Crippen LogP contribution in [-0.4, -0.2) is 82.3 Å². The SMILES string of the molecule is CC1(C)CCCN(Cc2sc(NC(=O)c3cnc(N4CCC(C(=O)O)CC4)cn3)nc2-c2ccc(O[C@H]3CCOC3)c(C(F)(F)F)c2)C1. The molecule has 258 valence electrons. The number of thiazole rings is 1. The van der Waals surface area contributed by atoms with Gasteiger partial charge >= 0.3 is 12.1 Å². The highest BCUT2D eigenvalue weighted by Gasteiger charge is 2.37. The predicted octanol–water partition coefficient (Wildman–Crippen LogP) is 5.96. The van der Waals surface area contributed by atoms with Crippen LogP contribution in [0.3, 0.4) is 0 Å². The summed E-state index contributed by atoms with van der Waals surface area (Å²) in [5.41, 5.74) is -0.101. The minimum atomic E-state index is -4.66. The molecule has 3 aromatic rings. The Kier molecular flexibility index (Phi) is 9.91. The van der Waals surface area contributed by atoms with E-state index in [1.807, 2.05) is 4.90 Å². The number of anilines is 2. The highest BCUT2D eigenvalue weighted by Crippen LogP contribution is 2.42. The molecule has 1 aromatic carbocycles. The summed E-state index contributed by atoms with van der Waals surface area (Å²) in [6.07, 6.45) is 1.33. The lowest BCUT2D eigenvalue weighted by Gasteiger charge is -2.37. The fraction of sp³-hybridized carbons (Fsp3) is 0.545. The summed E-state index contributed by atoms with van der Waals surface area (Å²) in [5, 5.41) is 12.3. The van der Waals surface area contributed by atoms with Crippen molar-refractivity contribution in [2.24, 2.45) is 11.3 Å². The topological polar surface area (TPSA) is 130 Å². The van der Waals surface area contributed by atoms with Gasteiger partial charge in [-0.2, -0.15) is 13.2 Å². The number of amides is 1. The number of hydrogen-bond acceptors (Lipinski definition) is 10. The Morgan fingerprint density at radius 2 is 1.94 bits per heavy atom. The molecule has 0 saturated carbocycles. The number of carbonyl (C=O) groups is 2. The lowest BCUT2D eigenvalue weighted by atomic mass is 9.84. The van der Waals surface area contributed by atoms with Crippen LogP contribution in [0.5, 0.6) is 5.75 Å². The molecule has 5 heterocycles. The first-order valence-electron chi connectivity index (χ1n) is 16.1. The highest BCUT2D eigenvalue weighted by molar-refractivity contribution is 7.16. The Labute approximate surface area is 280 Å². The molecular weight excluding hydrogens is 649 g/mol. The van der Waals surface area contributed by atoms with Crippen molar-refractivity contribution >= 4 is 34.2 Å². The molecule has 3 fully saturated rings. The summed E-state index contributed by atoms with van der Waals surface area (Å²) in [6.45, 7) is 8.27. The van der Waals surface area contributed by atoms with E-state index < -0.39 is 29.7 Å². The maximum Gasteiger partial charge on any atom is 0.419 e. The van der Waals surface area contributed by atoms with Crippen molar-refractivity contribution < 1.29 is 37.3 Å². The molecule has 2 N–H and O–H groups in total. The molecule has 11 nitrogen and oxygen atoms in total. The zero-order chi connectivity index (χ0) is 34.1. The van der Waals surface area contributed by atoms with Crippen molar-refractivity contribution in [3.8, 4) is 17.0 Å². The van der Waals surface area contributed by atoms with Crippen LogP contribution in [-0.2, 0) is 22.3 Å². The molecule has 3 saturated heterocycles. The van der Waals surface area contributed by atoms with Crippen molar-refractivity contribution in [1.82, 2.24) is 19.9 Å². The predicted molar refractivity (Wildman–Crippen MR) is 173 cm³/mol. The summed E-state index contributed by atoms with van der Waals surface area (Å²) in [5.74, 6) is -1.44. The normalized spacial score (nSPS) is 20.5. The van der Waals surface area contributed by atoms with Gasteiger partial charge < -0.3 is 19.5 Å². The first-order valence-corrected chi connectivity index (χ1v) is 17.0. The Bertz CT molecular complexity index is 1620. The van der Waals surface area contributed by atoms with Crippen LogP contribution in [0.25, 0.3) is 11.3 Å². The van der Waals surface area contributed by atoms with Gasteiger partial charge in [-0.3, -0.25) is 19.8 Å². The van der Waals surface area contributed by atoms with E-state index in [0.29, 0.717) is 57.0 Å². The van der Waals surface area contributed by atoms with Gasteiger partial charge in [0.05, 0.1) is 42.8 Å². The Morgan fingerprint density at radius 3 is 2.58 bits per heavy atom. The summed E-state index contributed by atoms with van der Waals surface area (Å²) in [4.78, 5) is 42.8. The minimum Gasteiger partial charge on any atom is -0.487 e. The van der Waals surface area contributed by atoms with Crippen molar-refractivity contribution in [2.45, 2.75) is 64.8 Å². The summed E-state index contributed by atoms with van der Waals surface area (Å²) in [7, 11) is 0. The third kappa shape index (κ3) is 8.06. The lowest BCUT2D eigenvalue weighted by Crippen LogP contribution is -2.39. The molecule has 6 rings (SSSR count). The van der Waals surface area contributed by atoms with Gasteiger partial charge in [-0.15, -0.1) is 0 Å². The number of nitrogens with one attached hydrogen (secondary N) is 1. The average Bonchev–Trinajstić information content (AvgIpc) is 3.70. The Hall–Kier alpha value is -3.82. The van der Waals surface area contributed by atoms with Gasteiger partial charge in [-0.1, -0.05) is 25.2 Å². The second kappa shape index (κ2) is 14.0. The van der Waals surface area contributed by atoms with E-state index in [-0.39, 0.29) is 40.1 Å². The monoisotopic (exact) mass is 688 g/mol. The molecule has 2 aromatic heterocycles. The van der Waals surface area contributed by atoms with Gasteiger partial charge in [0.25, 0.3) is 5.91 Å². The molecule has 3 aliphatic heterocycles. The average molecular weight is 689 g/mol. The fourth-order valence-electron chi connectivity index (χ4n) is 6.53. The van der Waals surface area contributed by atoms with Crippen molar-refractivity contribution in [1.29, 1.82) is 0 Å². The second-order valence-corrected chi connectivity index (χ2v) is 14.5. The number of carbonyl (C=O) groups excluding carboxylic acids is 1. The Morgan fingerprint density at radius 1 is 1.15 bits per heavy atom. The first-order chi connectivity index (χ1) is 22.8. The molecular formula is C33H39F3N6O5S. The van der Waals surface area contributed by atoms with Gasteiger partial charge in [0.1, 0.15) is 23.4 Å². The second-order valence-electron chi connectivity index (χ2n) is 13.4. The zero-order valence-electron chi connectivity index (χ0n) is 26.9. The van der Waals surface area contributed by atoms with Gasteiger partial charge in [0, 0.05) is 43.0 Å². The molecule has 15 heteroatoms. The van der Waals surface area contributed by atoms with Crippen LogP contribution < -0.4 is 15.0 Å². The number of nitrogens with zero attached hydrogens (tertiary/aromatic N) is 5. The van der Waals surface area contributed by atoms with Crippen LogP contribution >= 0.6 is 11.3 Å². The molecule has 1 amide bonds. The number of piperidine rings is 2.